The molecule has 4 atom stereocenters. The van der Waals surface area contributed by atoms with Gasteiger partial charge in [0.25, 0.3) is 0 Å². The van der Waals surface area contributed by atoms with E-state index < -0.39 is 18.0 Å². The molecule has 1 N–H and O–H groups in total. The third-order valence-electron chi connectivity index (χ3n) is 5.06. The van der Waals surface area contributed by atoms with Gasteiger partial charge in [-0.25, -0.2) is 0 Å². The molecule has 144 valence electrons. The van der Waals surface area contributed by atoms with E-state index in [0.29, 0.717) is 17.3 Å². The Morgan fingerprint density at radius 3 is 2.92 bits per heavy atom. The minimum absolute atomic E-state index is 0.0328. The number of aliphatic hydroxyl groups excluding tert-OH is 1. The monoisotopic (exact) mass is 415 g/mol. The van der Waals surface area contributed by atoms with Crippen LogP contribution in [0.1, 0.15) is 26.2 Å². The van der Waals surface area contributed by atoms with Gasteiger partial charge in [0.05, 0.1) is 36.0 Å². The molecule has 0 aromatic rings. The van der Waals surface area contributed by atoms with Crippen LogP contribution in [0.15, 0.2) is 21.6 Å². The van der Waals surface area contributed by atoms with Crippen LogP contribution in [0.5, 0.6) is 0 Å². The fraction of sp³-hybridized carbons (Fsp3) is 0.667. The van der Waals surface area contributed by atoms with E-state index in [1.807, 2.05) is 11.8 Å². The molecule has 3 aliphatic heterocycles. The van der Waals surface area contributed by atoms with Gasteiger partial charge in [-0.2, -0.15) is 0 Å². The lowest BCUT2D eigenvalue weighted by molar-refractivity contribution is -0.301. The Morgan fingerprint density at radius 2 is 2.31 bits per heavy atom. The summed E-state index contributed by atoms with van der Waals surface area (Å²) in [4.78, 5) is 27.3. The molecule has 0 spiro atoms. The Hall–Kier alpha value is -0.570. The lowest BCUT2D eigenvalue weighted by Gasteiger charge is -2.45. The van der Waals surface area contributed by atoms with Crippen LogP contribution in [-0.2, 0) is 20.5 Å². The summed E-state index contributed by atoms with van der Waals surface area (Å²) >= 11 is 3.51. The minimum atomic E-state index is -1.28. The molecule has 0 bridgehead atoms. The van der Waals surface area contributed by atoms with Crippen molar-refractivity contribution in [3.8, 4) is 0 Å². The van der Waals surface area contributed by atoms with Crippen molar-refractivity contribution in [3.05, 3.63) is 21.6 Å². The van der Waals surface area contributed by atoms with Gasteiger partial charge in [-0.1, -0.05) is 6.08 Å². The van der Waals surface area contributed by atoms with Crippen LogP contribution in [0, 0.1) is 5.92 Å². The van der Waals surface area contributed by atoms with Crippen molar-refractivity contribution in [1.82, 2.24) is 4.90 Å². The molecule has 1 saturated heterocycles. The second kappa shape index (κ2) is 8.63. The first-order valence-corrected chi connectivity index (χ1v) is 12.8. The van der Waals surface area contributed by atoms with E-state index in [0.717, 1.165) is 22.8 Å². The smallest absolute Gasteiger partial charge is 0.235 e. The summed E-state index contributed by atoms with van der Waals surface area (Å²) in [6.45, 7) is 1.59. The number of carbonyl (C=O) groups excluding carboxylic acids is 2. The van der Waals surface area contributed by atoms with Crippen LogP contribution in [-0.4, -0.2) is 63.3 Å². The standard InChI is InChI=1S/C18H25NO4S3/c1-11(20)15-13-10-14(16(18(22)23)19(13)17(15)21)25-7-9-26(2)8-5-12-4-3-6-24-12/h4,11,13,15,20H,3,5-10H2,1-2H3/t11-,13?,15?,26?/m1/s1. The van der Waals surface area contributed by atoms with Gasteiger partial charge in [0, 0.05) is 29.3 Å². The summed E-state index contributed by atoms with van der Waals surface area (Å²) in [5.74, 6) is 2.23. The molecule has 5 nitrogen and oxygen atoms in total. The predicted octanol–water partition coefficient (Wildman–Crippen LogP) is 0.952. The van der Waals surface area contributed by atoms with E-state index in [9.17, 15) is 19.8 Å². The van der Waals surface area contributed by atoms with Crippen molar-refractivity contribution in [2.45, 2.75) is 38.3 Å². The zero-order valence-electron chi connectivity index (χ0n) is 15.1. The van der Waals surface area contributed by atoms with Gasteiger partial charge in [-0.3, -0.25) is 4.79 Å². The predicted molar refractivity (Wildman–Crippen MR) is 108 cm³/mol. The van der Waals surface area contributed by atoms with Gasteiger partial charge in [-0.15, -0.1) is 23.5 Å². The Bertz CT molecular complexity index is 646. The van der Waals surface area contributed by atoms with E-state index >= 15 is 0 Å². The van der Waals surface area contributed by atoms with Gasteiger partial charge in [0.1, 0.15) is 11.5 Å². The van der Waals surface area contributed by atoms with Crippen molar-refractivity contribution in [2.24, 2.45) is 5.92 Å². The summed E-state index contributed by atoms with van der Waals surface area (Å²) < 4.78 is 0. The van der Waals surface area contributed by atoms with Crippen LogP contribution in [0.4, 0.5) is 0 Å². The summed E-state index contributed by atoms with van der Waals surface area (Å²) in [5.41, 5.74) is 0.0328. The van der Waals surface area contributed by atoms with Crippen LogP contribution < -0.4 is 5.11 Å². The first kappa shape index (κ1) is 20.2. The van der Waals surface area contributed by atoms with Crippen LogP contribution in [0.2, 0.25) is 0 Å². The number of carboxylic acids is 1. The quantitative estimate of drug-likeness (QED) is 0.446. The number of hydrogen-bond donors (Lipinski definition) is 1. The van der Waals surface area contributed by atoms with Crippen molar-refractivity contribution < 1.29 is 19.8 Å². The number of aliphatic hydroxyl groups is 1. The second-order valence-corrected chi connectivity index (χ2v) is 11.7. The number of carboxylic acid groups (broad SMARTS) is 1. The zero-order valence-corrected chi connectivity index (χ0v) is 17.6. The van der Waals surface area contributed by atoms with E-state index in [2.05, 4.69) is 12.3 Å². The average Bonchev–Trinajstić information content (AvgIpc) is 3.18. The number of carbonyl (C=O) groups is 2. The summed E-state index contributed by atoms with van der Waals surface area (Å²) in [6, 6.07) is -0.218. The molecule has 0 saturated carbocycles. The van der Waals surface area contributed by atoms with Gasteiger partial charge in [0.15, 0.2) is 0 Å². The molecule has 0 aliphatic carbocycles. The molecule has 26 heavy (non-hydrogen) atoms. The zero-order chi connectivity index (χ0) is 18.8. The number of amides is 1. The van der Waals surface area contributed by atoms with Crippen LogP contribution in [0.25, 0.3) is 0 Å². The Kier molecular flexibility index (Phi) is 6.69. The summed E-state index contributed by atoms with van der Waals surface area (Å²) in [5, 5.41) is 21.3. The number of β-lactam (4-membered cyclic amide) rings is 1. The number of aliphatic carboxylic acids is 1. The maximum atomic E-state index is 12.2. The van der Waals surface area contributed by atoms with Crippen molar-refractivity contribution >= 4 is 46.3 Å². The fourth-order valence-electron chi connectivity index (χ4n) is 3.68. The molecule has 3 heterocycles. The van der Waals surface area contributed by atoms with Crippen molar-refractivity contribution in [2.75, 3.05) is 29.3 Å². The minimum Gasteiger partial charge on any atom is -0.543 e. The van der Waals surface area contributed by atoms with Gasteiger partial charge in [-0.05, 0) is 29.1 Å². The maximum absolute atomic E-state index is 12.2. The summed E-state index contributed by atoms with van der Waals surface area (Å²) in [7, 11) is 0.308. The number of rotatable bonds is 9. The van der Waals surface area contributed by atoms with Crippen molar-refractivity contribution in [1.29, 1.82) is 0 Å². The molecular formula is C18H25NO4S3. The highest BCUT2D eigenvalue weighted by molar-refractivity contribution is 8.04. The van der Waals surface area contributed by atoms with Crippen LogP contribution >= 0.6 is 23.5 Å². The lowest BCUT2D eigenvalue weighted by atomic mass is 9.83. The normalized spacial score (nSPS) is 27.3. The SMILES string of the molecule is C[C@@H](O)C1C(=O)N2C(C(=O)[O-])=C(SCC[S+](C)CCC3=CCCS3)CC12. The Balaban J connectivity index is 1.50. The summed E-state index contributed by atoms with van der Waals surface area (Å²) in [6.07, 6.45) is 6.73. The topological polar surface area (TPSA) is 80.7 Å². The molecule has 0 radical (unpaired) electrons. The van der Waals surface area contributed by atoms with Crippen LogP contribution in [0.3, 0.4) is 0 Å². The Morgan fingerprint density at radius 1 is 1.54 bits per heavy atom. The third-order valence-corrected chi connectivity index (χ3v) is 9.42. The Labute approximate surface area is 166 Å². The number of hydrogen-bond acceptors (Lipinski definition) is 6. The van der Waals surface area contributed by atoms with E-state index in [4.69, 9.17) is 0 Å². The average molecular weight is 416 g/mol. The molecule has 0 aromatic carbocycles. The largest absolute Gasteiger partial charge is 0.543 e. The first-order valence-electron chi connectivity index (χ1n) is 8.89. The highest BCUT2D eigenvalue weighted by Crippen LogP contribution is 2.46. The molecule has 8 heteroatoms. The number of nitrogens with zero attached hydrogens (tertiary/aromatic N) is 1. The fourth-order valence-corrected chi connectivity index (χ4v) is 7.88. The second-order valence-electron chi connectivity index (χ2n) is 6.90. The third kappa shape index (κ3) is 4.13. The number of allylic oxidation sites excluding steroid dienone is 2. The molecule has 3 aliphatic rings. The van der Waals surface area contributed by atoms with Crippen molar-refractivity contribution in [3.63, 3.8) is 0 Å². The number of fused-ring (bicyclic) bond motifs is 1. The van der Waals surface area contributed by atoms with Gasteiger partial charge in [0.2, 0.25) is 5.91 Å². The molecule has 3 unspecified atom stereocenters. The van der Waals surface area contributed by atoms with E-state index in [-0.39, 0.29) is 17.6 Å². The van der Waals surface area contributed by atoms with E-state index in [1.165, 1.54) is 27.7 Å². The molecule has 1 amide bonds. The van der Waals surface area contributed by atoms with Gasteiger partial charge >= 0.3 is 0 Å². The van der Waals surface area contributed by atoms with E-state index in [1.54, 1.807) is 18.7 Å². The lowest BCUT2D eigenvalue weighted by Crippen LogP contribution is -2.62. The molecule has 3 rings (SSSR count). The van der Waals surface area contributed by atoms with Gasteiger partial charge < -0.3 is 19.9 Å². The number of thioether (sulfide) groups is 2. The molecule has 1 fully saturated rings. The maximum Gasteiger partial charge on any atom is 0.235 e. The molecular weight excluding hydrogens is 390 g/mol. The highest BCUT2D eigenvalue weighted by atomic mass is 32.2. The molecule has 0 aromatic heterocycles. The highest BCUT2D eigenvalue weighted by Gasteiger charge is 2.55. The first-order chi connectivity index (χ1) is 12.4.